The summed E-state index contributed by atoms with van der Waals surface area (Å²) in [6, 6.07) is 5.07. The maximum atomic E-state index is 12.4. The number of urea groups is 1. The minimum absolute atomic E-state index is 0.144. The number of isocyanates is 1. The number of aliphatic imine (C=N–C) groups is 1. The van der Waals surface area contributed by atoms with Crippen LogP contribution in [0.3, 0.4) is 0 Å². The smallest absolute Gasteiger partial charge is 0.410 e. The maximum absolute atomic E-state index is 12.4. The molecule has 0 aliphatic rings. The number of aryl methyl sites for hydroxylation is 1. The van der Waals surface area contributed by atoms with Gasteiger partial charge >= 0.3 is 18.3 Å². The fraction of sp³-hybridized carbons (Fsp3) is 0.235. The quantitative estimate of drug-likeness (QED) is 0.451. The van der Waals surface area contributed by atoms with E-state index in [2.05, 4.69) is 4.99 Å². The molecule has 1 aromatic carbocycles. The van der Waals surface area contributed by atoms with Crippen LogP contribution in [-0.4, -0.2) is 35.8 Å². The van der Waals surface area contributed by atoms with Gasteiger partial charge in [0.05, 0.1) is 6.54 Å². The van der Waals surface area contributed by atoms with Crippen LogP contribution in [-0.2, 0) is 4.79 Å². The summed E-state index contributed by atoms with van der Waals surface area (Å²) in [5.41, 5.74) is 0.0535. The van der Waals surface area contributed by atoms with Crippen molar-refractivity contribution in [3.8, 4) is 5.75 Å². The van der Waals surface area contributed by atoms with Crippen LogP contribution < -0.4 is 4.74 Å². The van der Waals surface area contributed by atoms with E-state index >= 15 is 0 Å². The highest BCUT2D eigenvalue weighted by Crippen LogP contribution is 2.24. The lowest BCUT2D eigenvalue weighted by Gasteiger charge is -2.15. The highest BCUT2D eigenvalue weighted by atomic mass is 19.4. The first-order valence-electron chi connectivity index (χ1n) is 7.23. The predicted molar refractivity (Wildman–Crippen MR) is 86.4 cm³/mol. The van der Waals surface area contributed by atoms with E-state index in [1.807, 2.05) is 6.92 Å². The number of carbonyl (C=O) groups is 2. The summed E-state index contributed by atoms with van der Waals surface area (Å²) in [5.74, 6) is 0.144. The van der Waals surface area contributed by atoms with E-state index in [9.17, 15) is 27.6 Å². The molecule has 0 saturated heterocycles. The summed E-state index contributed by atoms with van der Waals surface area (Å²) in [6.07, 6.45) is -1.72. The second kappa shape index (κ2) is 9.33. The lowest BCUT2D eigenvalue weighted by Crippen LogP contribution is -2.37. The van der Waals surface area contributed by atoms with Gasteiger partial charge < -0.3 is 4.74 Å². The summed E-state index contributed by atoms with van der Waals surface area (Å²) in [4.78, 5) is 37.2. The number of benzene rings is 1. The third-order valence-corrected chi connectivity index (χ3v) is 3.04. The second-order valence-electron chi connectivity index (χ2n) is 5.05. The van der Waals surface area contributed by atoms with Crippen molar-refractivity contribution in [2.75, 3.05) is 6.54 Å². The molecule has 0 spiro atoms. The molecule has 3 amide bonds. The van der Waals surface area contributed by atoms with Crippen LogP contribution in [0.2, 0.25) is 0 Å². The molecule has 0 radical (unpaired) electrons. The average molecular weight is 368 g/mol. The van der Waals surface area contributed by atoms with Gasteiger partial charge in [0, 0.05) is 5.57 Å². The van der Waals surface area contributed by atoms with Gasteiger partial charge in [-0.25, -0.2) is 19.3 Å². The van der Waals surface area contributed by atoms with E-state index < -0.39 is 30.4 Å². The minimum Gasteiger partial charge on any atom is -0.410 e. The lowest BCUT2D eigenvalue weighted by atomic mass is 10.2. The number of allylic oxidation sites excluding steroid dienone is 3. The van der Waals surface area contributed by atoms with E-state index in [1.165, 1.54) is 12.1 Å². The van der Waals surface area contributed by atoms with E-state index in [1.54, 1.807) is 12.1 Å². The van der Waals surface area contributed by atoms with Gasteiger partial charge in [-0.2, -0.15) is 13.2 Å². The molecule has 0 saturated carbocycles. The van der Waals surface area contributed by atoms with Crippen molar-refractivity contribution in [3.05, 3.63) is 53.6 Å². The van der Waals surface area contributed by atoms with Crippen LogP contribution >= 0.6 is 0 Å². The first kappa shape index (κ1) is 20.9. The molecule has 0 atom stereocenters. The predicted octanol–water partition coefficient (Wildman–Crippen LogP) is 4.32. The highest BCUT2D eigenvalue weighted by Gasteiger charge is 2.29. The fourth-order valence-electron chi connectivity index (χ4n) is 1.57. The number of nitrogens with zero attached hydrogens (tertiary/aromatic N) is 2. The average Bonchev–Trinajstić information content (AvgIpc) is 2.55. The first-order chi connectivity index (χ1) is 12.1. The van der Waals surface area contributed by atoms with Crippen molar-refractivity contribution in [1.82, 2.24) is 4.90 Å². The number of carbonyl (C=O) groups excluding carboxylic acids is 3. The number of imide groups is 1. The Labute approximate surface area is 147 Å². The van der Waals surface area contributed by atoms with Gasteiger partial charge in [0.15, 0.2) is 0 Å². The molecule has 0 unspecified atom stereocenters. The third-order valence-electron chi connectivity index (χ3n) is 3.04. The molecule has 0 aliphatic heterocycles. The number of alkyl halides is 3. The minimum atomic E-state index is -4.48. The molecule has 0 bridgehead atoms. The third kappa shape index (κ3) is 6.74. The standard InChI is InChI=1S/C17H15F3N2O4/c1-12-6-8-14(9-7-12)26-16(25)22(15(24)21-11-23)10-4-3-5-13(2)17(18,19)20/h3-9H,10H2,1-2H3/b4-3-,13-5+. The van der Waals surface area contributed by atoms with E-state index in [0.29, 0.717) is 4.90 Å². The van der Waals surface area contributed by atoms with Gasteiger partial charge in [-0.3, -0.25) is 0 Å². The number of amides is 3. The Morgan fingerprint density at radius 3 is 2.42 bits per heavy atom. The van der Waals surface area contributed by atoms with Crippen LogP contribution in [0.15, 0.2) is 53.1 Å². The largest absolute Gasteiger partial charge is 0.423 e. The van der Waals surface area contributed by atoms with Crippen LogP contribution in [0.1, 0.15) is 12.5 Å². The second-order valence-corrected chi connectivity index (χ2v) is 5.05. The van der Waals surface area contributed by atoms with Crippen LogP contribution in [0, 0.1) is 6.92 Å². The molecule has 0 heterocycles. The molecule has 138 valence electrons. The molecule has 6 nitrogen and oxygen atoms in total. The van der Waals surface area contributed by atoms with E-state index in [-0.39, 0.29) is 5.75 Å². The van der Waals surface area contributed by atoms with E-state index in [0.717, 1.165) is 36.8 Å². The van der Waals surface area contributed by atoms with E-state index in [4.69, 9.17) is 4.74 Å². The normalized spacial score (nSPS) is 11.8. The molecule has 0 aliphatic carbocycles. The molecule has 26 heavy (non-hydrogen) atoms. The van der Waals surface area contributed by atoms with Gasteiger partial charge in [-0.15, -0.1) is 4.99 Å². The van der Waals surface area contributed by atoms with Crippen molar-refractivity contribution < 1.29 is 32.3 Å². The zero-order valence-electron chi connectivity index (χ0n) is 13.9. The Bertz CT molecular complexity index is 761. The molecule has 0 N–H and O–H groups in total. The molecule has 9 heteroatoms. The number of ether oxygens (including phenoxy) is 1. The van der Waals surface area contributed by atoms with Crippen molar-refractivity contribution in [2.24, 2.45) is 4.99 Å². The van der Waals surface area contributed by atoms with Crippen molar-refractivity contribution in [1.29, 1.82) is 0 Å². The molecule has 1 aromatic rings. The summed E-state index contributed by atoms with van der Waals surface area (Å²) < 4.78 is 42.1. The number of hydrogen-bond acceptors (Lipinski definition) is 4. The van der Waals surface area contributed by atoms with Crippen LogP contribution in [0.4, 0.5) is 22.8 Å². The Kier molecular flexibility index (Phi) is 7.49. The van der Waals surface area contributed by atoms with Gasteiger partial charge in [0.1, 0.15) is 5.75 Å². The SMILES string of the molecule is C/C(=C\C=C/CN(C(=O)N=C=O)C(=O)Oc1ccc(C)cc1)C(F)(F)F. The van der Waals surface area contributed by atoms with Gasteiger partial charge in [-0.1, -0.05) is 35.9 Å². The van der Waals surface area contributed by atoms with Crippen molar-refractivity contribution in [2.45, 2.75) is 20.0 Å². The molecule has 1 rings (SSSR count). The number of hydrogen-bond donors (Lipinski definition) is 0. The zero-order chi connectivity index (χ0) is 19.7. The molecule has 0 aromatic heterocycles. The first-order valence-corrected chi connectivity index (χ1v) is 7.23. The van der Waals surface area contributed by atoms with Crippen LogP contribution in [0.25, 0.3) is 0 Å². The number of halogens is 3. The summed E-state index contributed by atoms with van der Waals surface area (Å²) >= 11 is 0. The van der Waals surface area contributed by atoms with Gasteiger partial charge in [0.2, 0.25) is 6.08 Å². The highest BCUT2D eigenvalue weighted by molar-refractivity contribution is 5.94. The molecular weight excluding hydrogens is 353 g/mol. The van der Waals surface area contributed by atoms with Crippen molar-refractivity contribution in [3.63, 3.8) is 0 Å². The van der Waals surface area contributed by atoms with Crippen molar-refractivity contribution >= 4 is 18.2 Å². The summed E-state index contributed by atoms with van der Waals surface area (Å²) in [5, 5.41) is 0. The molecule has 0 fully saturated rings. The Balaban J connectivity index is 2.87. The van der Waals surface area contributed by atoms with Crippen LogP contribution in [0.5, 0.6) is 5.75 Å². The maximum Gasteiger partial charge on any atom is 0.423 e. The molecular formula is C17H15F3N2O4. The van der Waals surface area contributed by atoms with Gasteiger partial charge in [-0.05, 0) is 26.0 Å². The Morgan fingerprint density at radius 1 is 1.27 bits per heavy atom. The Hall–Kier alpha value is -3.19. The lowest BCUT2D eigenvalue weighted by molar-refractivity contribution is -0.0913. The van der Waals surface area contributed by atoms with Gasteiger partial charge in [0.25, 0.3) is 0 Å². The zero-order valence-corrected chi connectivity index (χ0v) is 13.9. The topological polar surface area (TPSA) is 76.0 Å². The number of rotatable bonds is 4. The summed E-state index contributed by atoms with van der Waals surface area (Å²) in [7, 11) is 0. The monoisotopic (exact) mass is 368 g/mol. The summed E-state index contributed by atoms with van der Waals surface area (Å²) in [6.45, 7) is 2.24. The Morgan fingerprint density at radius 2 is 1.88 bits per heavy atom. The fourth-order valence-corrected chi connectivity index (χ4v) is 1.57.